The average Bonchev–Trinajstić information content (AvgIpc) is 2.82. The number of fused-ring (bicyclic) bond motifs is 1. The molecule has 1 aliphatic carbocycles. The Morgan fingerprint density at radius 3 is 2.74 bits per heavy atom. The molecule has 1 heterocycles. The van der Waals surface area contributed by atoms with Crippen molar-refractivity contribution in [2.24, 2.45) is 5.92 Å². The second-order valence-corrected chi connectivity index (χ2v) is 6.82. The molecule has 0 spiro atoms. The summed E-state index contributed by atoms with van der Waals surface area (Å²) < 4.78 is 5.13. The van der Waals surface area contributed by atoms with Gasteiger partial charge in [0.15, 0.2) is 0 Å². The number of anilines is 1. The van der Waals surface area contributed by atoms with Crippen LogP contribution in [0.5, 0.6) is 0 Å². The zero-order valence-electron chi connectivity index (χ0n) is 13.3. The molecule has 1 aromatic rings. The molecule has 1 aromatic heterocycles. The number of carbonyl (C=O) groups excluding carboxylic acids is 2. The summed E-state index contributed by atoms with van der Waals surface area (Å²) in [5.74, 6) is -1.36. The highest BCUT2D eigenvalue weighted by atomic mass is 32.1. The third-order valence-corrected chi connectivity index (χ3v) is 5.01. The van der Waals surface area contributed by atoms with Crippen LogP contribution in [0, 0.1) is 5.92 Å². The second-order valence-electron chi connectivity index (χ2n) is 5.72. The predicted octanol–water partition coefficient (Wildman–Crippen LogP) is 2.85. The highest BCUT2D eigenvalue weighted by molar-refractivity contribution is 7.17. The number of hydrogen-bond acceptors (Lipinski definition) is 5. The Bertz CT molecular complexity index is 622. The summed E-state index contributed by atoms with van der Waals surface area (Å²) in [6.45, 7) is 4.15. The SMILES string of the molecule is CCOC(=O)c1c(NC(=O)CCC(=O)O)sc2c1C[C@@H](C)CC2. The van der Waals surface area contributed by atoms with Crippen molar-refractivity contribution in [1.82, 2.24) is 0 Å². The molecule has 0 unspecified atom stereocenters. The van der Waals surface area contributed by atoms with E-state index in [0.29, 0.717) is 16.5 Å². The van der Waals surface area contributed by atoms with Gasteiger partial charge in [0.1, 0.15) is 5.00 Å². The van der Waals surface area contributed by atoms with Crippen LogP contribution in [0.25, 0.3) is 0 Å². The van der Waals surface area contributed by atoms with Crippen LogP contribution in [0.2, 0.25) is 0 Å². The first-order valence-electron chi connectivity index (χ1n) is 7.75. The van der Waals surface area contributed by atoms with Crippen LogP contribution >= 0.6 is 11.3 Å². The van der Waals surface area contributed by atoms with Crippen LogP contribution in [0.4, 0.5) is 5.00 Å². The first-order chi connectivity index (χ1) is 10.9. The first-order valence-corrected chi connectivity index (χ1v) is 8.57. The minimum absolute atomic E-state index is 0.115. The summed E-state index contributed by atoms with van der Waals surface area (Å²) in [5, 5.41) is 11.8. The van der Waals surface area contributed by atoms with Crippen molar-refractivity contribution in [3.05, 3.63) is 16.0 Å². The molecule has 0 bridgehead atoms. The summed E-state index contributed by atoms with van der Waals surface area (Å²) >= 11 is 1.40. The van der Waals surface area contributed by atoms with E-state index in [-0.39, 0.29) is 19.4 Å². The van der Waals surface area contributed by atoms with Crippen LogP contribution in [-0.4, -0.2) is 29.6 Å². The van der Waals surface area contributed by atoms with Crippen LogP contribution in [0.15, 0.2) is 0 Å². The zero-order valence-corrected chi connectivity index (χ0v) is 14.1. The molecule has 0 saturated carbocycles. The molecule has 0 radical (unpaired) electrons. The van der Waals surface area contributed by atoms with Crippen molar-refractivity contribution in [1.29, 1.82) is 0 Å². The number of nitrogens with one attached hydrogen (secondary N) is 1. The molecule has 7 heteroatoms. The summed E-state index contributed by atoms with van der Waals surface area (Å²) in [6, 6.07) is 0. The molecule has 1 atom stereocenters. The molecule has 0 saturated heterocycles. The van der Waals surface area contributed by atoms with Gasteiger partial charge in [0, 0.05) is 11.3 Å². The number of esters is 1. The molecule has 2 N–H and O–H groups in total. The fourth-order valence-corrected chi connectivity index (χ4v) is 3.92. The van der Waals surface area contributed by atoms with Gasteiger partial charge in [-0.15, -0.1) is 11.3 Å². The zero-order chi connectivity index (χ0) is 17.0. The topological polar surface area (TPSA) is 92.7 Å². The van der Waals surface area contributed by atoms with Crippen molar-refractivity contribution in [3.8, 4) is 0 Å². The number of amides is 1. The van der Waals surface area contributed by atoms with Crippen LogP contribution < -0.4 is 5.32 Å². The average molecular weight is 339 g/mol. The molecule has 126 valence electrons. The van der Waals surface area contributed by atoms with E-state index in [1.165, 1.54) is 11.3 Å². The summed E-state index contributed by atoms with van der Waals surface area (Å²) in [6.07, 6.45) is 2.39. The van der Waals surface area contributed by atoms with Gasteiger partial charge in [0.2, 0.25) is 5.91 Å². The number of aliphatic carboxylic acids is 1. The third-order valence-electron chi connectivity index (χ3n) is 3.81. The standard InChI is InChI=1S/C16H21NO5S/c1-3-22-16(21)14-10-8-9(2)4-5-11(10)23-15(14)17-12(18)6-7-13(19)20/h9H,3-8H2,1-2H3,(H,17,18)(H,19,20)/t9-/m0/s1. The molecule has 6 nitrogen and oxygen atoms in total. The minimum atomic E-state index is -1.02. The summed E-state index contributed by atoms with van der Waals surface area (Å²) in [4.78, 5) is 35.9. The fourth-order valence-electron chi connectivity index (χ4n) is 2.67. The lowest BCUT2D eigenvalue weighted by Crippen LogP contribution is -2.17. The Balaban J connectivity index is 2.25. The van der Waals surface area contributed by atoms with Gasteiger partial charge in [0.25, 0.3) is 0 Å². The van der Waals surface area contributed by atoms with Crippen LogP contribution in [0.1, 0.15) is 53.9 Å². The van der Waals surface area contributed by atoms with E-state index in [1.807, 2.05) is 0 Å². The largest absolute Gasteiger partial charge is 0.481 e. The maximum atomic E-state index is 12.3. The number of carbonyl (C=O) groups is 3. The number of aryl methyl sites for hydroxylation is 1. The number of carboxylic acid groups (broad SMARTS) is 1. The van der Waals surface area contributed by atoms with Crippen molar-refractivity contribution in [2.75, 3.05) is 11.9 Å². The Morgan fingerprint density at radius 1 is 1.35 bits per heavy atom. The maximum absolute atomic E-state index is 12.3. The lowest BCUT2D eigenvalue weighted by molar-refractivity contribution is -0.138. The Labute approximate surface area is 138 Å². The van der Waals surface area contributed by atoms with Gasteiger partial charge < -0.3 is 15.2 Å². The number of ether oxygens (including phenoxy) is 1. The third kappa shape index (κ3) is 4.31. The molecule has 2 rings (SSSR count). The van der Waals surface area contributed by atoms with E-state index in [0.717, 1.165) is 29.7 Å². The van der Waals surface area contributed by atoms with E-state index in [4.69, 9.17) is 9.84 Å². The molecule has 0 fully saturated rings. The highest BCUT2D eigenvalue weighted by Crippen LogP contribution is 2.40. The van der Waals surface area contributed by atoms with Crippen molar-refractivity contribution in [3.63, 3.8) is 0 Å². The van der Waals surface area contributed by atoms with Gasteiger partial charge in [0.05, 0.1) is 18.6 Å². The van der Waals surface area contributed by atoms with Gasteiger partial charge in [-0.1, -0.05) is 6.92 Å². The van der Waals surface area contributed by atoms with Crippen molar-refractivity contribution < 1.29 is 24.2 Å². The van der Waals surface area contributed by atoms with Gasteiger partial charge in [-0.3, -0.25) is 9.59 Å². The second kappa shape index (κ2) is 7.59. The van der Waals surface area contributed by atoms with E-state index < -0.39 is 17.8 Å². The van der Waals surface area contributed by atoms with Crippen LogP contribution in [0.3, 0.4) is 0 Å². The van der Waals surface area contributed by atoms with E-state index in [2.05, 4.69) is 12.2 Å². The fraction of sp³-hybridized carbons (Fsp3) is 0.562. The molecular weight excluding hydrogens is 318 g/mol. The normalized spacial score (nSPS) is 16.5. The lowest BCUT2D eigenvalue weighted by Gasteiger charge is -2.18. The van der Waals surface area contributed by atoms with E-state index in [1.54, 1.807) is 6.92 Å². The van der Waals surface area contributed by atoms with Gasteiger partial charge >= 0.3 is 11.9 Å². The summed E-state index contributed by atoms with van der Waals surface area (Å²) in [7, 11) is 0. The Kier molecular flexibility index (Phi) is 5.76. The smallest absolute Gasteiger partial charge is 0.341 e. The quantitative estimate of drug-likeness (QED) is 0.778. The summed E-state index contributed by atoms with van der Waals surface area (Å²) in [5.41, 5.74) is 1.42. The monoisotopic (exact) mass is 339 g/mol. The van der Waals surface area contributed by atoms with Crippen molar-refractivity contribution >= 4 is 34.2 Å². The number of hydrogen-bond donors (Lipinski definition) is 2. The number of carboxylic acids is 1. The van der Waals surface area contributed by atoms with Gasteiger partial charge in [-0.05, 0) is 37.7 Å². The van der Waals surface area contributed by atoms with Gasteiger partial charge in [-0.2, -0.15) is 0 Å². The molecular formula is C16H21NO5S. The lowest BCUT2D eigenvalue weighted by atomic mass is 9.88. The molecule has 0 aliphatic heterocycles. The Hall–Kier alpha value is -1.89. The molecule has 0 aromatic carbocycles. The van der Waals surface area contributed by atoms with E-state index >= 15 is 0 Å². The molecule has 1 aliphatic rings. The van der Waals surface area contributed by atoms with Crippen LogP contribution in [-0.2, 0) is 27.2 Å². The highest BCUT2D eigenvalue weighted by Gasteiger charge is 2.29. The van der Waals surface area contributed by atoms with Gasteiger partial charge in [-0.25, -0.2) is 4.79 Å². The first kappa shape index (κ1) is 17.5. The minimum Gasteiger partial charge on any atom is -0.481 e. The number of rotatable bonds is 6. The molecule has 23 heavy (non-hydrogen) atoms. The van der Waals surface area contributed by atoms with Crippen molar-refractivity contribution in [2.45, 2.75) is 46.0 Å². The molecule has 1 amide bonds. The maximum Gasteiger partial charge on any atom is 0.341 e. The van der Waals surface area contributed by atoms with E-state index in [9.17, 15) is 14.4 Å². The Morgan fingerprint density at radius 2 is 2.09 bits per heavy atom. The predicted molar refractivity (Wildman–Crippen MR) is 87.0 cm³/mol. The number of thiophene rings is 1.